The summed E-state index contributed by atoms with van der Waals surface area (Å²) in [5.74, 6) is -0.449. The number of carbonyl (C=O) groups excluding carboxylic acids is 2. The van der Waals surface area contributed by atoms with Crippen LogP contribution in [0.2, 0.25) is 0 Å². The van der Waals surface area contributed by atoms with Crippen molar-refractivity contribution >= 4 is 23.2 Å². The molecule has 21 heavy (non-hydrogen) atoms. The van der Waals surface area contributed by atoms with Crippen LogP contribution in [-0.2, 0) is 9.59 Å². The number of carbonyl (C=O) groups is 2. The number of benzene rings is 1. The summed E-state index contributed by atoms with van der Waals surface area (Å²) in [5.41, 5.74) is 0.0476. The predicted octanol–water partition coefficient (Wildman–Crippen LogP) is -0.370. The van der Waals surface area contributed by atoms with Crippen LogP contribution >= 0.6 is 0 Å². The first-order valence-electron chi connectivity index (χ1n) is 6.14. The lowest BCUT2D eigenvalue weighted by atomic mass is 10.2. The minimum Gasteiger partial charge on any atom is -0.490 e. The average Bonchev–Trinajstić information content (AvgIpc) is 2.47. The standard InChI is InChI=1S/C12H14N4O5/c1-21-10-3-2-7(4-9(10)16(19)20)15-12(18)8-5-14-11(17)6-13-8/h2-4,8,13H,5-6H2,1H3,(H,14,17)(H,15,18). The van der Waals surface area contributed by atoms with E-state index in [-0.39, 0.29) is 42.0 Å². The van der Waals surface area contributed by atoms with Crippen molar-refractivity contribution in [1.29, 1.82) is 0 Å². The van der Waals surface area contributed by atoms with Gasteiger partial charge in [0, 0.05) is 18.3 Å². The fourth-order valence-corrected chi connectivity index (χ4v) is 1.89. The van der Waals surface area contributed by atoms with E-state index in [4.69, 9.17) is 4.74 Å². The predicted molar refractivity (Wildman–Crippen MR) is 73.1 cm³/mol. The molecule has 0 spiro atoms. The monoisotopic (exact) mass is 294 g/mol. The number of nitro groups is 1. The van der Waals surface area contributed by atoms with Gasteiger partial charge in [0.2, 0.25) is 11.8 Å². The van der Waals surface area contributed by atoms with Gasteiger partial charge in [-0.1, -0.05) is 0 Å². The number of hydrogen-bond acceptors (Lipinski definition) is 6. The molecule has 1 unspecified atom stereocenters. The third kappa shape index (κ3) is 3.45. The Kier molecular flexibility index (Phi) is 4.33. The number of nitrogens with zero attached hydrogens (tertiary/aromatic N) is 1. The second-order valence-electron chi connectivity index (χ2n) is 4.37. The molecule has 2 amide bonds. The zero-order valence-electron chi connectivity index (χ0n) is 11.2. The summed E-state index contributed by atoms with van der Waals surface area (Å²) in [6.07, 6.45) is 0. The summed E-state index contributed by atoms with van der Waals surface area (Å²) in [6, 6.07) is 3.55. The summed E-state index contributed by atoms with van der Waals surface area (Å²) in [5, 5.41) is 18.8. The maximum Gasteiger partial charge on any atom is 0.312 e. The van der Waals surface area contributed by atoms with Crippen molar-refractivity contribution in [3.8, 4) is 5.75 Å². The number of nitrogens with one attached hydrogen (secondary N) is 3. The Morgan fingerprint density at radius 3 is 2.86 bits per heavy atom. The van der Waals surface area contributed by atoms with Gasteiger partial charge >= 0.3 is 5.69 Å². The summed E-state index contributed by atoms with van der Waals surface area (Å²) >= 11 is 0. The van der Waals surface area contributed by atoms with Crippen molar-refractivity contribution in [3.63, 3.8) is 0 Å². The fourth-order valence-electron chi connectivity index (χ4n) is 1.89. The zero-order chi connectivity index (χ0) is 15.4. The number of piperazine rings is 1. The van der Waals surface area contributed by atoms with E-state index < -0.39 is 11.0 Å². The lowest BCUT2D eigenvalue weighted by molar-refractivity contribution is -0.385. The molecule has 1 aromatic rings. The van der Waals surface area contributed by atoms with Crippen LogP contribution in [0.3, 0.4) is 0 Å². The molecule has 0 aliphatic carbocycles. The highest BCUT2D eigenvalue weighted by molar-refractivity contribution is 5.96. The van der Waals surface area contributed by atoms with Crippen molar-refractivity contribution in [2.75, 3.05) is 25.5 Å². The van der Waals surface area contributed by atoms with Gasteiger partial charge in [0.15, 0.2) is 5.75 Å². The third-order valence-corrected chi connectivity index (χ3v) is 2.97. The van der Waals surface area contributed by atoms with E-state index in [1.165, 1.54) is 25.3 Å². The van der Waals surface area contributed by atoms with Gasteiger partial charge in [-0.05, 0) is 12.1 Å². The van der Waals surface area contributed by atoms with E-state index in [0.29, 0.717) is 0 Å². The minimum atomic E-state index is -0.590. The van der Waals surface area contributed by atoms with Crippen LogP contribution in [-0.4, -0.2) is 43.0 Å². The van der Waals surface area contributed by atoms with Gasteiger partial charge in [-0.15, -0.1) is 0 Å². The van der Waals surface area contributed by atoms with Crippen molar-refractivity contribution in [1.82, 2.24) is 10.6 Å². The molecule has 0 aromatic heterocycles. The van der Waals surface area contributed by atoms with Crippen LogP contribution in [0.15, 0.2) is 18.2 Å². The second kappa shape index (κ2) is 6.18. The van der Waals surface area contributed by atoms with E-state index in [1.54, 1.807) is 0 Å². The fraction of sp³-hybridized carbons (Fsp3) is 0.333. The minimum absolute atomic E-state index is 0.0564. The molecule has 1 atom stereocenters. The summed E-state index contributed by atoms with van der Waals surface area (Å²) in [4.78, 5) is 33.3. The van der Waals surface area contributed by atoms with Gasteiger partial charge in [0.05, 0.1) is 18.6 Å². The molecule has 1 saturated heterocycles. The first-order chi connectivity index (χ1) is 10.0. The SMILES string of the molecule is COc1ccc(NC(=O)C2CNC(=O)CN2)cc1[N+](=O)[O-]. The number of rotatable bonds is 4. The number of ether oxygens (including phenoxy) is 1. The number of nitro benzene ring substituents is 1. The van der Waals surface area contributed by atoms with Crippen molar-refractivity contribution in [2.24, 2.45) is 0 Å². The van der Waals surface area contributed by atoms with E-state index in [0.717, 1.165) is 0 Å². The molecule has 0 saturated carbocycles. The van der Waals surface area contributed by atoms with E-state index in [9.17, 15) is 19.7 Å². The van der Waals surface area contributed by atoms with Crippen molar-refractivity contribution in [2.45, 2.75) is 6.04 Å². The smallest absolute Gasteiger partial charge is 0.312 e. The number of amides is 2. The van der Waals surface area contributed by atoms with Crippen molar-refractivity contribution in [3.05, 3.63) is 28.3 Å². The number of hydrogen-bond donors (Lipinski definition) is 3. The first kappa shape index (κ1) is 14.7. The van der Waals surface area contributed by atoms with E-state index in [2.05, 4.69) is 16.0 Å². The molecular weight excluding hydrogens is 280 g/mol. The first-order valence-corrected chi connectivity index (χ1v) is 6.14. The van der Waals surface area contributed by atoms with Crippen LogP contribution in [0.1, 0.15) is 0 Å². The highest BCUT2D eigenvalue weighted by Gasteiger charge is 2.24. The van der Waals surface area contributed by atoms with Crippen LogP contribution in [0, 0.1) is 10.1 Å². The normalized spacial score (nSPS) is 17.8. The highest BCUT2D eigenvalue weighted by Crippen LogP contribution is 2.29. The number of anilines is 1. The Balaban J connectivity index is 2.09. The van der Waals surface area contributed by atoms with Gasteiger partial charge in [-0.3, -0.25) is 25.0 Å². The van der Waals surface area contributed by atoms with Crippen LogP contribution in [0.5, 0.6) is 5.75 Å². The van der Waals surface area contributed by atoms with Gasteiger partial charge in [0.1, 0.15) is 6.04 Å². The van der Waals surface area contributed by atoms with Gasteiger partial charge in [-0.25, -0.2) is 0 Å². The Morgan fingerprint density at radius 1 is 1.52 bits per heavy atom. The zero-order valence-corrected chi connectivity index (χ0v) is 11.2. The molecule has 1 aliphatic rings. The molecule has 9 heteroatoms. The van der Waals surface area contributed by atoms with Gasteiger partial charge < -0.3 is 15.4 Å². The summed E-state index contributed by atoms with van der Waals surface area (Å²) in [6.45, 7) is 0.226. The van der Waals surface area contributed by atoms with Gasteiger partial charge in [-0.2, -0.15) is 0 Å². The van der Waals surface area contributed by atoms with Crippen LogP contribution in [0.25, 0.3) is 0 Å². The topological polar surface area (TPSA) is 123 Å². The largest absolute Gasteiger partial charge is 0.490 e. The van der Waals surface area contributed by atoms with Crippen LogP contribution < -0.4 is 20.7 Å². The highest BCUT2D eigenvalue weighted by atomic mass is 16.6. The molecular formula is C12H14N4O5. The molecule has 9 nitrogen and oxygen atoms in total. The molecule has 0 bridgehead atoms. The summed E-state index contributed by atoms with van der Waals surface area (Å²) < 4.78 is 4.88. The average molecular weight is 294 g/mol. The molecule has 1 aliphatic heterocycles. The lowest BCUT2D eigenvalue weighted by Crippen LogP contribution is -2.56. The van der Waals surface area contributed by atoms with E-state index >= 15 is 0 Å². The summed E-state index contributed by atoms with van der Waals surface area (Å²) in [7, 11) is 1.33. The maximum absolute atomic E-state index is 12.0. The second-order valence-corrected chi connectivity index (χ2v) is 4.37. The molecule has 3 N–H and O–H groups in total. The third-order valence-electron chi connectivity index (χ3n) is 2.97. The molecule has 1 fully saturated rings. The molecule has 1 aromatic carbocycles. The quantitative estimate of drug-likeness (QED) is 0.514. The molecule has 2 rings (SSSR count). The van der Waals surface area contributed by atoms with E-state index in [1.807, 2.05) is 0 Å². The molecule has 0 radical (unpaired) electrons. The lowest BCUT2D eigenvalue weighted by Gasteiger charge is -2.23. The molecule has 1 heterocycles. The Hall–Kier alpha value is -2.68. The Bertz CT molecular complexity index is 579. The maximum atomic E-state index is 12.0. The van der Waals surface area contributed by atoms with Crippen molar-refractivity contribution < 1.29 is 19.2 Å². The van der Waals surface area contributed by atoms with Crippen LogP contribution in [0.4, 0.5) is 11.4 Å². The number of methoxy groups -OCH3 is 1. The Labute approximate surface area is 119 Å². The van der Waals surface area contributed by atoms with Gasteiger partial charge in [0.25, 0.3) is 0 Å². The molecule has 112 valence electrons. The Morgan fingerprint density at radius 2 is 2.29 bits per heavy atom.